The van der Waals surface area contributed by atoms with Gasteiger partial charge in [-0.05, 0) is 53.9 Å². The Morgan fingerprint density at radius 2 is 2.14 bits per heavy atom. The van der Waals surface area contributed by atoms with Crippen LogP contribution in [0.25, 0.3) is 5.52 Å². The molecular weight excluding hydrogens is 450 g/mol. The number of halogens is 5. The topological polar surface area (TPSA) is 77.5 Å². The molecule has 0 saturated carbocycles. The molecule has 3 N–H and O–H groups in total. The lowest BCUT2D eigenvalue weighted by molar-refractivity contribution is -0.324. The van der Waals surface area contributed by atoms with E-state index in [-0.39, 0.29) is 18.1 Å². The predicted molar refractivity (Wildman–Crippen MR) is 108 cm³/mol. The molecule has 3 rings (SSSR count). The van der Waals surface area contributed by atoms with Gasteiger partial charge in [-0.2, -0.15) is 4.98 Å². The summed E-state index contributed by atoms with van der Waals surface area (Å²) in [5, 5.41) is 9.67. The van der Waals surface area contributed by atoms with Crippen LogP contribution in [-0.2, 0) is 17.7 Å². The molecule has 0 spiro atoms. The minimum Gasteiger partial charge on any atom is -0.363 e. The van der Waals surface area contributed by atoms with Gasteiger partial charge in [0.1, 0.15) is 10.7 Å². The van der Waals surface area contributed by atoms with Gasteiger partial charge in [-0.25, -0.2) is 4.52 Å². The number of anilines is 1. The number of fused-ring (bicyclic) bond motifs is 1. The van der Waals surface area contributed by atoms with Crippen molar-refractivity contribution < 1.29 is 17.9 Å². The highest BCUT2D eigenvalue weighted by Gasteiger charge is 2.29. The van der Waals surface area contributed by atoms with Crippen LogP contribution in [0.2, 0.25) is 10.4 Å². The van der Waals surface area contributed by atoms with E-state index < -0.39 is 19.0 Å². The van der Waals surface area contributed by atoms with Crippen molar-refractivity contribution in [2.45, 2.75) is 38.7 Å². The molecule has 1 atom stereocenters. The number of hydrogen-bond donors (Lipinski definition) is 2. The summed E-state index contributed by atoms with van der Waals surface area (Å²) in [6.45, 7) is 1.86. The van der Waals surface area contributed by atoms with Gasteiger partial charge in [0.15, 0.2) is 5.82 Å². The molecule has 0 aliphatic rings. The van der Waals surface area contributed by atoms with Crippen molar-refractivity contribution in [1.29, 1.82) is 0 Å². The first-order chi connectivity index (χ1) is 13.7. The monoisotopic (exact) mass is 467 g/mol. The van der Waals surface area contributed by atoms with Crippen LogP contribution in [0.15, 0.2) is 17.5 Å². The average molecular weight is 468 g/mol. The fourth-order valence-electron chi connectivity index (χ4n) is 2.94. The van der Waals surface area contributed by atoms with E-state index in [1.54, 1.807) is 11.3 Å². The molecule has 0 unspecified atom stereocenters. The molecule has 12 heteroatoms. The second-order valence-corrected chi connectivity index (χ2v) is 8.09. The van der Waals surface area contributed by atoms with E-state index in [1.165, 1.54) is 4.52 Å². The zero-order valence-electron chi connectivity index (χ0n) is 15.3. The summed E-state index contributed by atoms with van der Waals surface area (Å²) in [6.07, 6.45) is -4.39. The Morgan fingerprint density at radius 3 is 2.79 bits per heavy atom. The lowest BCUT2D eigenvalue weighted by Crippen LogP contribution is -2.26. The average Bonchev–Trinajstić information content (AvgIpc) is 3.22. The Bertz CT molecular complexity index is 978. The molecule has 0 saturated heterocycles. The van der Waals surface area contributed by atoms with Crippen LogP contribution in [0.1, 0.15) is 22.4 Å². The van der Waals surface area contributed by atoms with Gasteiger partial charge in [0.05, 0.1) is 13.2 Å². The van der Waals surface area contributed by atoms with Crippen LogP contribution in [0.5, 0.6) is 0 Å². The molecule has 0 aliphatic carbocycles. The van der Waals surface area contributed by atoms with E-state index in [1.807, 2.05) is 24.4 Å². The number of aryl methyl sites for hydroxylation is 1. The van der Waals surface area contributed by atoms with Crippen molar-refractivity contribution >= 4 is 45.9 Å². The van der Waals surface area contributed by atoms with Gasteiger partial charge in [-0.1, -0.05) is 17.7 Å². The largest absolute Gasteiger partial charge is 0.522 e. The van der Waals surface area contributed by atoms with Crippen molar-refractivity contribution in [3.05, 3.63) is 44.0 Å². The maximum absolute atomic E-state index is 12.1. The molecule has 0 amide bonds. The third-order valence-electron chi connectivity index (χ3n) is 4.30. The van der Waals surface area contributed by atoms with Crippen LogP contribution >= 0.6 is 34.5 Å². The number of alkyl halides is 3. The maximum atomic E-state index is 12.1. The Labute approximate surface area is 178 Å². The second kappa shape index (κ2) is 9.05. The summed E-state index contributed by atoms with van der Waals surface area (Å²) in [5.74, 6) is 0.512. The number of nitrogens with zero attached hydrogens (tertiary/aromatic N) is 3. The zero-order valence-corrected chi connectivity index (χ0v) is 17.6. The number of nitrogens with two attached hydrogens (primary N) is 1. The Kier molecular flexibility index (Phi) is 6.90. The predicted octanol–water partition coefficient (Wildman–Crippen LogP) is 4.81. The van der Waals surface area contributed by atoms with Gasteiger partial charge in [-0.3, -0.25) is 4.74 Å². The number of nitrogens with one attached hydrogen (secondary N) is 1. The summed E-state index contributed by atoms with van der Waals surface area (Å²) in [6, 6.07) is 3.37. The molecule has 3 aromatic rings. The molecule has 6 nitrogen and oxygen atoms in total. The first kappa shape index (κ1) is 22.1. The lowest BCUT2D eigenvalue weighted by atomic mass is 10.0. The Morgan fingerprint density at radius 1 is 1.38 bits per heavy atom. The van der Waals surface area contributed by atoms with Crippen LogP contribution in [-0.4, -0.2) is 33.6 Å². The van der Waals surface area contributed by atoms with Gasteiger partial charge in [0, 0.05) is 10.9 Å². The SMILES string of the molecule is Cc1c(C[C@@H](N)CCOC(F)(F)F)c(Cl)n2nc(Cl)nc(NCc3cccs3)c12. The summed E-state index contributed by atoms with van der Waals surface area (Å²) < 4.78 is 41.7. The molecule has 0 bridgehead atoms. The summed E-state index contributed by atoms with van der Waals surface area (Å²) in [5.41, 5.74) is 8.10. The second-order valence-electron chi connectivity index (χ2n) is 6.36. The van der Waals surface area contributed by atoms with Gasteiger partial charge in [-0.15, -0.1) is 29.6 Å². The Hall–Kier alpha value is -1.59. The minimum absolute atomic E-state index is 0.0116. The zero-order chi connectivity index (χ0) is 21.2. The number of hydrogen-bond acceptors (Lipinski definition) is 6. The fraction of sp³-hybridized carbons (Fsp3) is 0.412. The molecule has 3 heterocycles. The van der Waals surface area contributed by atoms with Gasteiger partial charge in [0.25, 0.3) is 0 Å². The van der Waals surface area contributed by atoms with E-state index in [0.29, 0.717) is 28.6 Å². The quantitative estimate of drug-likeness (QED) is 0.496. The van der Waals surface area contributed by atoms with Crippen LogP contribution in [0.3, 0.4) is 0 Å². The number of rotatable bonds is 8. The van der Waals surface area contributed by atoms with Gasteiger partial charge >= 0.3 is 6.36 Å². The van der Waals surface area contributed by atoms with E-state index in [9.17, 15) is 13.2 Å². The fourth-order valence-corrected chi connectivity index (χ4v) is 4.09. The molecule has 158 valence electrons. The summed E-state index contributed by atoms with van der Waals surface area (Å²) in [4.78, 5) is 5.38. The number of ether oxygens (including phenoxy) is 1. The molecule has 29 heavy (non-hydrogen) atoms. The molecule has 0 aromatic carbocycles. The third-order valence-corrected chi connectivity index (χ3v) is 5.72. The molecule has 3 aromatic heterocycles. The smallest absolute Gasteiger partial charge is 0.363 e. The van der Waals surface area contributed by atoms with E-state index >= 15 is 0 Å². The van der Waals surface area contributed by atoms with Crippen molar-refractivity contribution in [2.24, 2.45) is 5.73 Å². The van der Waals surface area contributed by atoms with Crippen LogP contribution in [0.4, 0.5) is 19.0 Å². The minimum atomic E-state index is -4.67. The van der Waals surface area contributed by atoms with Gasteiger partial charge < -0.3 is 11.1 Å². The van der Waals surface area contributed by atoms with Crippen molar-refractivity contribution in [1.82, 2.24) is 14.6 Å². The van der Waals surface area contributed by atoms with Crippen LogP contribution < -0.4 is 11.1 Å². The maximum Gasteiger partial charge on any atom is 0.522 e. The number of thiophene rings is 1. The molecule has 0 fully saturated rings. The lowest BCUT2D eigenvalue weighted by Gasteiger charge is -2.13. The normalized spacial score (nSPS) is 13.2. The highest BCUT2D eigenvalue weighted by molar-refractivity contribution is 7.09. The van der Waals surface area contributed by atoms with Crippen molar-refractivity contribution in [3.8, 4) is 0 Å². The van der Waals surface area contributed by atoms with Crippen LogP contribution in [0, 0.1) is 6.92 Å². The molecule has 0 radical (unpaired) electrons. The summed E-state index contributed by atoms with van der Waals surface area (Å²) >= 11 is 14.1. The standard InChI is InChI=1S/C17H18Cl2F3N5OS/c1-9-12(7-10(23)4-5-28-17(20,21)22)14(18)27-13(9)15(25-16(19)26-27)24-8-11-3-2-6-29-11/h2-3,6,10H,4-5,7-8,23H2,1H3,(H,24,25,26)/t10-/m0/s1. The Balaban J connectivity index is 1.82. The highest BCUT2D eigenvalue weighted by atomic mass is 35.5. The summed E-state index contributed by atoms with van der Waals surface area (Å²) in [7, 11) is 0. The first-order valence-corrected chi connectivity index (χ1v) is 10.2. The number of aromatic nitrogens is 3. The van der Waals surface area contributed by atoms with E-state index in [4.69, 9.17) is 28.9 Å². The van der Waals surface area contributed by atoms with E-state index in [2.05, 4.69) is 20.1 Å². The van der Waals surface area contributed by atoms with Crippen molar-refractivity contribution in [3.63, 3.8) is 0 Å². The first-order valence-electron chi connectivity index (χ1n) is 8.61. The van der Waals surface area contributed by atoms with Gasteiger partial charge in [0.2, 0.25) is 5.28 Å². The van der Waals surface area contributed by atoms with Crippen molar-refractivity contribution in [2.75, 3.05) is 11.9 Å². The molecule has 0 aliphatic heterocycles. The molecular formula is C17H18Cl2F3N5OS. The highest BCUT2D eigenvalue weighted by Crippen LogP contribution is 2.32. The third kappa shape index (κ3) is 5.52. The van der Waals surface area contributed by atoms with E-state index in [0.717, 1.165) is 10.4 Å².